The van der Waals surface area contributed by atoms with Crippen LogP contribution in [0.15, 0.2) is 0 Å². The third-order valence-corrected chi connectivity index (χ3v) is 5.25. The topological polar surface area (TPSA) is 89.7 Å². The number of nitrogens with zero attached hydrogens (tertiary/aromatic N) is 1. The smallest absolute Gasteiger partial charge is 0.410 e. The van der Waals surface area contributed by atoms with Crippen LogP contribution in [-0.4, -0.2) is 56.2 Å². The van der Waals surface area contributed by atoms with Crippen LogP contribution in [0.5, 0.6) is 0 Å². The lowest BCUT2D eigenvalue weighted by molar-refractivity contribution is 0.0183. The minimum atomic E-state index is -3.02. The van der Waals surface area contributed by atoms with Crippen LogP contribution in [0.4, 0.5) is 4.79 Å². The number of rotatable bonds is 5. The van der Waals surface area contributed by atoms with Crippen LogP contribution in [0.1, 0.15) is 40.0 Å². The molecule has 1 aliphatic heterocycles. The fraction of sp³-hybridized carbons (Fsp3) is 0.929. The van der Waals surface area contributed by atoms with E-state index in [1.165, 1.54) is 0 Å². The van der Waals surface area contributed by atoms with Gasteiger partial charge in [-0.3, -0.25) is 0 Å². The number of piperidine rings is 1. The van der Waals surface area contributed by atoms with Crippen molar-refractivity contribution in [2.24, 2.45) is 11.7 Å². The van der Waals surface area contributed by atoms with Crippen molar-refractivity contribution in [1.82, 2.24) is 4.90 Å². The van der Waals surface area contributed by atoms with Gasteiger partial charge >= 0.3 is 6.09 Å². The van der Waals surface area contributed by atoms with Gasteiger partial charge in [-0.05, 0) is 46.0 Å². The summed E-state index contributed by atoms with van der Waals surface area (Å²) in [4.78, 5) is 13.6. The first-order valence-electron chi connectivity index (χ1n) is 7.51. The lowest BCUT2D eigenvalue weighted by atomic mass is 9.95. The van der Waals surface area contributed by atoms with Crippen molar-refractivity contribution >= 4 is 15.9 Å². The molecule has 0 aliphatic carbocycles. The predicted molar refractivity (Wildman–Crippen MR) is 82.9 cm³/mol. The molecule has 0 bridgehead atoms. The maximum Gasteiger partial charge on any atom is 0.410 e. The van der Waals surface area contributed by atoms with E-state index in [1.807, 2.05) is 20.8 Å². The van der Waals surface area contributed by atoms with Crippen LogP contribution in [-0.2, 0) is 14.6 Å². The lowest BCUT2D eigenvalue weighted by Gasteiger charge is -2.33. The van der Waals surface area contributed by atoms with Crippen molar-refractivity contribution in [1.29, 1.82) is 0 Å². The van der Waals surface area contributed by atoms with Gasteiger partial charge in [0.25, 0.3) is 0 Å². The van der Waals surface area contributed by atoms with Crippen LogP contribution in [0.3, 0.4) is 0 Å². The average Bonchev–Trinajstić information content (AvgIpc) is 2.35. The molecule has 0 radical (unpaired) electrons. The van der Waals surface area contributed by atoms with Crippen molar-refractivity contribution in [3.63, 3.8) is 0 Å². The number of ether oxygens (including phenoxy) is 1. The second kappa shape index (κ2) is 7.45. The Balaban J connectivity index is 2.34. The van der Waals surface area contributed by atoms with Crippen LogP contribution in [0.25, 0.3) is 0 Å². The molecule has 1 saturated heterocycles. The summed E-state index contributed by atoms with van der Waals surface area (Å²) in [6.45, 7) is 6.99. The van der Waals surface area contributed by atoms with Gasteiger partial charge in [-0.25, -0.2) is 13.2 Å². The lowest BCUT2D eigenvalue weighted by Crippen LogP contribution is -2.42. The number of hydrogen-bond acceptors (Lipinski definition) is 5. The van der Waals surface area contributed by atoms with Gasteiger partial charge in [0.2, 0.25) is 0 Å². The zero-order valence-electron chi connectivity index (χ0n) is 13.3. The molecule has 1 fully saturated rings. The summed E-state index contributed by atoms with van der Waals surface area (Å²) in [5.41, 5.74) is 4.81. The first-order chi connectivity index (χ1) is 9.63. The Morgan fingerprint density at radius 3 is 2.29 bits per heavy atom. The average molecular weight is 320 g/mol. The van der Waals surface area contributed by atoms with Crippen LogP contribution in [0, 0.1) is 5.92 Å². The molecule has 21 heavy (non-hydrogen) atoms. The monoisotopic (exact) mass is 320 g/mol. The molecule has 1 rings (SSSR count). The molecule has 0 aromatic heterocycles. The highest BCUT2D eigenvalue weighted by Gasteiger charge is 2.27. The first-order valence-corrected chi connectivity index (χ1v) is 9.33. The van der Waals surface area contributed by atoms with Gasteiger partial charge in [0.05, 0.1) is 11.5 Å². The van der Waals surface area contributed by atoms with Gasteiger partial charge in [-0.15, -0.1) is 0 Å². The second-order valence-corrected chi connectivity index (χ2v) is 8.94. The molecule has 2 N–H and O–H groups in total. The van der Waals surface area contributed by atoms with Gasteiger partial charge in [-0.1, -0.05) is 0 Å². The number of carbonyl (C=O) groups excluding carboxylic acids is 1. The van der Waals surface area contributed by atoms with E-state index in [1.54, 1.807) is 4.90 Å². The molecule has 0 spiro atoms. The summed E-state index contributed by atoms with van der Waals surface area (Å²) in [7, 11) is -3.02. The molecular weight excluding hydrogens is 292 g/mol. The Morgan fingerprint density at radius 2 is 1.81 bits per heavy atom. The normalized spacial score (nSPS) is 17.8. The van der Waals surface area contributed by atoms with Gasteiger partial charge in [0.1, 0.15) is 5.60 Å². The zero-order chi connectivity index (χ0) is 16.1. The number of likely N-dealkylation sites (tertiary alicyclic amines) is 1. The zero-order valence-corrected chi connectivity index (χ0v) is 14.1. The molecule has 7 heteroatoms. The maximum absolute atomic E-state index is 11.9. The van der Waals surface area contributed by atoms with E-state index in [2.05, 4.69) is 0 Å². The molecular formula is C14H28N2O4S. The standard InChI is InChI=1S/C14H28N2O4S/c1-14(2,3)20-13(17)16-8-4-12(5-9-16)6-10-21(18,19)11-7-15/h12H,4-11,15H2,1-3H3. The van der Waals surface area contributed by atoms with E-state index >= 15 is 0 Å². The molecule has 0 aromatic carbocycles. The van der Waals surface area contributed by atoms with E-state index in [9.17, 15) is 13.2 Å². The molecule has 6 nitrogen and oxygen atoms in total. The van der Waals surface area contributed by atoms with Gasteiger partial charge < -0.3 is 15.4 Å². The molecule has 0 unspecified atom stereocenters. The summed E-state index contributed by atoms with van der Waals surface area (Å²) in [5, 5.41) is 0. The van der Waals surface area contributed by atoms with Gasteiger partial charge in [0.15, 0.2) is 9.84 Å². The third-order valence-electron chi connectivity index (χ3n) is 3.53. The Morgan fingerprint density at radius 1 is 1.24 bits per heavy atom. The number of hydrogen-bond donors (Lipinski definition) is 1. The highest BCUT2D eigenvalue weighted by molar-refractivity contribution is 7.91. The van der Waals surface area contributed by atoms with Gasteiger partial charge in [0, 0.05) is 19.6 Å². The molecule has 124 valence electrons. The van der Waals surface area contributed by atoms with Crippen LogP contribution in [0.2, 0.25) is 0 Å². The van der Waals surface area contributed by atoms with E-state index in [-0.39, 0.29) is 24.1 Å². The summed E-state index contributed by atoms with van der Waals surface area (Å²) < 4.78 is 28.6. The minimum Gasteiger partial charge on any atom is -0.444 e. The fourth-order valence-corrected chi connectivity index (χ4v) is 3.61. The Bertz CT molecular complexity index is 434. The quantitative estimate of drug-likeness (QED) is 0.827. The molecule has 1 amide bonds. The van der Waals surface area contributed by atoms with Crippen molar-refractivity contribution in [3.8, 4) is 0 Å². The molecule has 0 saturated carbocycles. The molecule has 0 atom stereocenters. The van der Waals surface area contributed by atoms with Crippen molar-refractivity contribution in [2.75, 3.05) is 31.1 Å². The third kappa shape index (κ3) is 7.13. The summed E-state index contributed by atoms with van der Waals surface area (Å²) in [6.07, 6.45) is 2.04. The van der Waals surface area contributed by atoms with Crippen molar-refractivity contribution in [2.45, 2.75) is 45.6 Å². The number of amides is 1. The van der Waals surface area contributed by atoms with E-state index in [4.69, 9.17) is 10.5 Å². The first kappa shape index (κ1) is 18.2. The SMILES string of the molecule is CC(C)(C)OC(=O)N1CCC(CCS(=O)(=O)CCN)CC1. The van der Waals surface area contributed by atoms with Crippen LogP contribution < -0.4 is 5.73 Å². The number of carbonyl (C=O) groups is 1. The summed E-state index contributed by atoms with van der Waals surface area (Å²) in [5.74, 6) is 0.613. The Kier molecular flexibility index (Phi) is 6.46. The maximum atomic E-state index is 11.9. The van der Waals surface area contributed by atoms with E-state index in [0.717, 1.165) is 12.8 Å². The Hall–Kier alpha value is -0.820. The van der Waals surface area contributed by atoms with E-state index in [0.29, 0.717) is 25.4 Å². The molecule has 0 aromatic rings. The minimum absolute atomic E-state index is 0.0593. The number of nitrogens with two attached hydrogens (primary N) is 1. The predicted octanol–water partition coefficient (Wildman–Crippen LogP) is 1.40. The summed E-state index contributed by atoms with van der Waals surface area (Å²) >= 11 is 0. The number of sulfone groups is 1. The molecule has 1 heterocycles. The van der Waals surface area contributed by atoms with E-state index < -0.39 is 15.4 Å². The molecule has 1 aliphatic rings. The highest BCUT2D eigenvalue weighted by Crippen LogP contribution is 2.22. The van der Waals surface area contributed by atoms with Gasteiger partial charge in [-0.2, -0.15) is 0 Å². The summed E-state index contributed by atoms with van der Waals surface area (Å²) in [6, 6.07) is 0. The largest absolute Gasteiger partial charge is 0.444 e. The van der Waals surface area contributed by atoms with Crippen LogP contribution >= 0.6 is 0 Å². The Labute approximate surface area is 127 Å². The van der Waals surface area contributed by atoms with Crippen molar-refractivity contribution in [3.05, 3.63) is 0 Å². The second-order valence-electron chi connectivity index (χ2n) is 6.64. The highest BCUT2D eigenvalue weighted by atomic mass is 32.2. The van der Waals surface area contributed by atoms with Crippen molar-refractivity contribution < 1.29 is 17.9 Å². The fourth-order valence-electron chi connectivity index (χ4n) is 2.36.